The van der Waals surface area contributed by atoms with Crippen LogP contribution in [0, 0.1) is 5.82 Å². The molecule has 2 N–H and O–H groups in total. The van der Waals surface area contributed by atoms with E-state index in [2.05, 4.69) is 10.6 Å². The van der Waals surface area contributed by atoms with Crippen LogP contribution in [0.2, 0.25) is 0 Å². The van der Waals surface area contributed by atoms with E-state index in [1.807, 2.05) is 60.7 Å². The Hall–Kier alpha value is -3.38. The van der Waals surface area contributed by atoms with Gasteiger partial charge in [0.2, 0.25) is 0 Å². The van der Waals surface area contributed by atoms with E-state index < -0.39 is 0 Å². The molecule has 0 spiro atoms. The number of urea groups is 1. The summed E-state index contributed by atoms with van der Waals surface area (Å²) in [6, 6.07) is 22.3. The van der Waals surface area contributed by atoms with Gasteiger partial charge in [0.05, 0.1) is 0 Å². The maximum atomic E-state index is 13.4. The summed E-state index contributed by atoms with van der Waals surface area (Å²) in [7, 11) is 0. The van der Waals surface area contributed by atoms with E-state index in [9.17, 15) is 9.18 Å². The van der Waals surface area contributed by atoms with E-state index in [1.165, 1.54) is 11.6 Å². The predicted molar refractivity (Wildman–Crippen MR) is 118 cm³/mol. The Balaban J connectivity index is 1.10. The fourth-order valence-corrected chi connectivity index (χ4v) is 4.23. The number of anilines is 1. The number of para-hydroxylation sites is 1. The summed E-state index contributed by atoms with van der Waals surface area (Å²) < 4.78 is 19.2. The lowest BCUT2D eigenvalue weighted by atomic mass is 10.0. The number of benzene rings is 3. The Labute approximate surface area is 180 Å². The van der Waals surface area contributed by atoms with Gasteiger partial charge in [0, 0.05) is 30.9 Å². The van der Waals surface area contributed by atoms with Crippen molar-refractivity contribution in [1.82, 2.24) is 10.2 Å². The molecule has 5 nitrogen and oxygen atoms in total. The zero-order valence-corrected chi connectivity index (χ0v) is 17.1. The summed E-state index contributed by atoms with van der Waals surface area (Å²) in [6.07, 6.45) is 1.87. The van der Waals surface area contributed by atoms with Gasteiger partial charge in [-0.15, -0.1) is 0 Å². The van der Waals surface area contributed by atoms with Crippen molar-refractivity contribution in [3.63, 3.8) is 0 Å². The van der Waals surface area contributed by atoms with Crippen molar-refractivity contribution in [2.75, 3.05) is 18.4 Å². The fourth-order valence-electron chi connectivity index (χ4n) is 4.23. The number of rotatable bonds is 5. The van der Waals surface area contributed by atoms with Crippen molar-refractivity contribution in [1.29, 1.82) is 0 Å². The van der Waals surface area contributed by atoms with Crippen molar-refractivity contribution >= 4 is 11.7 Å². The molecule has 0 saturated carbocycles. The SMILES string of the molecule is O=C(Nc1ccc(Oc2ccccc2)cc1)N1CC(NC2CCc3cc(F)ccc32)C1. The third-order valence-corrected chi connectivity index (χ3v) is 5.87. The lowest BCUT2D eigenvalue weighted by Crippen LogP contribution is -2.61. The molecule has 3 aromatic carbocycles. The summed E-state index contributed by atoms with van der Waals surface area (Å²) in [4.78, 5) is 14.3. The number of halogens is 1. The molecule has 1 aliphatic carbocycles. The molecule has 6 heteroatoms. The number of fused-ring (bicyclic) bond motifs is 1. The van der Waals surface area contributed by atoms with E-state index in [4.69, 9.17) is 4.74 Å². The monoisotopic (exact) mass is 417 g/mol. The van der Waals surface area contributed by atoms with Crippen molar-refractivity contribution < 1.29 is 13.9 Å². The Morgan fingerprint density at radius 1 is 0.968 bits per heavy atom. The van der Waals surface area contributed by atoms with Crippen molar-refractivity contribution in [3.8, 4) is 11.5 Å². The standard InChI is InChI=1S/C25H24FN3O2/c26-18-7-12-23-17(14-18)6-13-24(23)27-20-15-29(16-20)25(30)28-19-8-10-22(11-9-19)31-21-4-2-1-3-5-21/h1-5,7-12,14,20,24,27H,6,13,15-16H2,(H,28,30). The van der Waals surface area contributed by atoms with Gasteiger partial charge in [-0.1, -0.05) is 24.3 Å². The minimum absolute atomic E-state index is 0.108. The van der Waals surface area contributed by atoms with Gasteiger partial charge in [0.15, 0.2) is 0 Å². The predicted octanol–water partition coefficient (Wildman–Crippen LogP) is 5.11. The highest BCUT2D eigenvalue weighted by Gasteiger charge is 2.34. The topological polar surface area (TPSA) is 53.6 Å². The number of likely N-dealkylation sites (tertiary alicyclic amines) is 1. The van der Waals surface area contributed by atoms with Gasteiger partial charge < -0.3 is 20.3 Å². The smallest absolute Gasteiger partial charge is 0.321 e. The molecule has 1 fully saturated rings. The minimum Gasteiger partial charge on any atom is -0.457 e. The van der Waals surface area contributed by atoms with Crippen LogP contribution in [0.25, 0.3) is 0 Å². The van der Waals surface area contributed by atoms with Gasteiger partial charge >= 0.3 is 6.03 Å². The molecule has 3 aromatic rings. The molecule has 0 bridgehead atoms. The summed E-state index contributed by atoms with van der Waals surface area (Å²) in [5.41, 5.74) is 3.00. The number of carbonyl (C=O) groups is 1. The number of nitrogens with zero attached hydrogens (tertiary/aromatic N) is 1. The molecule has 1 atom stereocenters. The van der Waals surface area contributed by atoms with Crippen molar-refractivity contribution in [3.05, 3.63) is 89.7 Å². The molecule has 1 heterocycles. The molecular weight excluding hydrogens is 393 g/mol. The van der Waals surface area contributed by atoms with Crippen molar-refractivity contribution in [2.24, 2.45) is 0 Å². The Kier molecular flexibility index (Phi) is 5.30. The molecule has 5 rings (SSSR count). The first-order chi connectivity index (χ1) is 15.1. The average Bonchev–Trinajstić information content (AvgIpc) is 3.14. The number of amides is 2. The third kappa shape index (κ3) is 4.39. The molecular formula is C25H24FN3O2. The Morgan fingerprint density at radius 2 is 1.71 bits per heavy atom. The fraction of sp³-hybridized carbons (Fsp3) is 0.240. The summed E-state index contributed by atoms with van der Waals surface area (Å²) in [5, 5.41) is 6.54. The number of ether oxygens (including phenoxy) is 1. The van der Waals surface area contributed by atoms with Gasteiger partial charge in [0.25, 0.3) is 0 Å². The van der Waals surface area contributed by atoms with E-state index in [0.29, 0.717) is 18.8 Å². The maximum absolute atomic E-state index is 13.4. The lowest BCUT2D eigenvalue weighted by Gasteiger charge is -2.41. The number of carbonyl (C=O) groups excluding carboxylic acids is 1. The maximum Gasteiger partial charge on any atom is 0.321 e. The zero-order valence-electron chi connectivity index (χ0n) is 17.1. The van der Waals surface area contributed by atoms with Gasteiger partial charge in [-0.3, -0.25) is 0 Å². The highest BCUT2D eigenvalue weighted by Crippen LogP contribution is 2.32. The number of nitrogens with one attached hydrogen (secondary N) is 2. The van der Waals surface area contributed by atoms with Crippen LogP contribution in [0.4, 0.5) is 14.9 Å². The third-order valence-electron chi connectivity index (χ3n) is 5.87. The van der Waals surface area contributed by atoms with Crippen LogP contribution in [0.15, 0.2) is 72.8 Å². The van der Waals surface area contributed by atoms with Crippen LogP contribution in [0.5, 0.6) is 11.5 Å². The Morgan fingerprint density at radius 3 is 2.48 bits per heavy atom. The van der Waals surface area contributed by atoms with Crippen LogP contribution >= 0.6 is 0 Å². The molecule has 158 valence electrons. The summed E-state index contributed by atoms with van der Waals surface area (Å²) >= 11 is 0. The first-order valence-electron chi connectivity index (χ1n) is 10.6. The molecule has 0 radical (unpaired) electrons. The van der Waals surface area contributed by atoms with Gasteiger partial charge in [-0.25, -0.2) is 9.18 Å². The van der Waals surface area contributed by atoms with Crippen LogP contribution in [-0.4, -0.2) is 30.1 Å². The first kappa shape index (κ1) is 19.6. The first-order valence-corrected chi connectivity index (χ1v) is 10.6. The lowest BCUT2D eigenvalue weighted by molar-refractivity contribution is 0.142. The molecule has 1 unspecified atom stereocenters. The number of hydrogen-bond acceptors (Lipinski definition) is 3. The normalized spacial score (nSPS) is 17.7. The summed E-state index contributed by atoms with van der Waals surface area (Å²) in [5.74, 6) is 1.31. The quantitative estimate of drug-likeness (QED) is 0.607. The van der Waals surface area contributed by atoms with Gasteiger partial charge in [-0.05, 0) is 72.5 Å². The molecule has 1 aliphatic heterocycles. The Bertz CT molecular complexity index is 1070. The summed E-state index contributed by atoms with van der Waals surface area (Å²) in [6.45, 7) is 1.32. The van der Waals surface area contributed by atoms with Gasteiger partial charge in [0.1, 0.15) is 17.3 Å². The van der Waals surface area contributed by atoms with Crippen LogP contribution in [0.3, 0.4) is 0 Å². The second-order valence-corrected chi connectivity index (χ2v) is 8.07. The van der Waals surface area contributed by atoms with Crippen LogP contribution < -0.4 is 15.4 Å². The van der Waals surface area contributed by atoms with Crippen LogP contribution in [0.1, 0.15) is 23.6 Å². The molecule has 31 heavy (non-hydrogen) atoms. The highest BCUT2D eigenvalue weighted by atomic mass is 19.1. The van der Waals surface area contributed by atoms with E-state index >= 15 is 0 Å². The number of hydrogen-bond donors (Lipinski definition) is 2. The molecule has 0 aromatic heterocycles. The molecule has 2 aliphatic rings. The van der Waals surface area contributed by atoms with Gasteiger partial charge in [-0.2, -0.15) is 0 Å². The average molecular weight is 417 g/mol. The minimum atomic E-state index is -0.175. The van der Waals surface area contributed by atoms with E-state index in [-0.39, 0.29) is 23.9 Å². The number of aryl methyl sites for hydroxylation is 1. The highest BCUT2D eigenvalue weighted by molar-refractivity contribution is 5.90. The van der Waals surface area contributed by atoms with E-state index in [0.717, 1.165) is 29.8 Å². The van der Waals surface area contributed by atoms with Crippen LogP contribution in [-0.2, 0) is 6.42 Å². The second-order valence-electron chi connectivity index (χ2n) is 8.07. The van der Waals surface area contributed by atoms with Crippen molar-refractivity contribution in [2.45, 2.75) is 24.9 Å². The van der Waals surface area contributed by atoms with E-state index in [1.54, 1.807) is 11.0 Å². The molecule has 2 amide bonds. The zero-order chi connectivity index (χ0) is 21.2. The molecule has 1 saturated heterocycles. The largest absolute Gasteiger partial charge is 0.457 e. The second kappa shape index (κ2) is 8.40.